The summed E-state index contributed by atoms with van der Waals surface area (Å²) in [4.78, 5) is 4.29. The summed E-state index contributed by atoms with van der Waals surface area (Å²) < 4.78 is 17.7. The van der Waals surface area contributed by atoms with Crippen LogP contribution >= 0.6 is 0 Å². The zero-order valence-electron chi connectivity index (χ0n) is 11.5. The van der Waals surface area contributed by atoms with E-state index in [1.165, 1.54) is 0 Å². The standard InChI is InChI=1S/C15H12FN5O/c16-6-5-11-10-4-3-9(8-13(10)22-21-11)18-15-14-12(19-20-15)2-1-7-17-14/h1-4,7-8H,5-6H2,(H2,18,19,20). The van der Waals surface area contributed by atoms with Crippen LogP contribution < -0.4 is 5.32 Å². The Bertz CT molecular complexity index is 945. The number of halogens is 1. The first-order valence-corrected chi connectivity index (χ1v) is 6.85. The molecule has 0 fully saturated rings. The van der Waals surface area contributed by atoms with Crippen LogP contribution in [0.4, 0.5) is 15.9 Å². The molecule has 0 radical (unpaired) electrons. The van der Waals surface area contributed by atoms with Gasteiger partial charge in [0.1, 0.15) is 5.52 Å². The lowest BCUT2D eigenvalue weighted by molar-refractivity contribution is 0.431. The van der Waals surface area contributed by atoms with Gasteiger partial charge in [0.25, 0.3) is 0 Å². The predicted octanol–water partition coefficient (Wildman–Crippen LogP) is 3.35. The second kappa shape index (κ2) is 5.10. The lowest BCUT2D eigenvalue weighted by Gasteiger charge is -2.02. The Labute approximate surface area is 124 Å². The highest BCUT2D eigenvalue weighted by Gasteiger charge is 2.10. The fourth-order valence-corrected chi connectivity index (χ4v) is 2.41. The third-order valence-electron chi connectivity index (χ3n) is 3.46. The number of aromatic nitrogens is 4. The Morgan fingerprint density at radius 3 is 3.14 bits per heavy atom. The quantitative estimate of drug-likeness (QED) is 0.604. The number of rotatable bonds is 4. The van der Waals surface area contributed by atoms with Crippen molar-refractivity contribution in [2.75, 3.05) is 12.0 Å². The average Bonchev–Trinajstić information content (AvgIpc) is 3.13. The highest BCUT2D eigenvalue weighted by Crippen LogP contribution is 2.26. The number of aryl methyl sites for hydroxylation is 1. The Kier molecular flexibility index (Phi) is 2.96. The van der Waals surface area contributed by atoms with Crippen LogP contribution in [0.25, 0.3) is 22.0 Å². The zero-order valence-corrected chi connectivity index (χ0v) is 11.5. The van der Waals surface area contributed by atoms with E-state index in [-0.39, 0.29) is 6.42 Å². The summed E-state index contributed by atoms with van der Waals surface area (Å²) in [6, 6.07) is 9.31. The number of hydrogen-bond donors (Lipinski definition) is 2. The van der Waals surface area contributed by atoms with Gasteiger partial charge in [0.15, 0.2) is 11.4 Å². The maximum Gasteiger partial charge on any atom is 0.178 e. The van der Waals surface area contributed by atoms with E-state index in [4.69, 9.17) is 4.52 Å². The maximum atomic E-state index is 12.5. The molecule has 0 saturated carbocycles. The van der Waals surface area contributed by atoms with Crippen LogP contribution in [-0.4, -0.2) is 27.0 Å². The van der Waals surface area contributed by atoms with Gasteiger partial charge in [0.05, 0.1) is 17.9 Å². The van der Waals surface area contributed by atoms with E-state index in [1.807, 2.05) is 30.3 Å². The molecule has 4 aromatic rings. The van der Waals surface area contributed by atoms with Gasteiger partial charge in [-0.2, -0.15) is 5.10 Å². The number of pyridine rings is 1. The number of H-pyrrole nitrogens is 1. The van der Waals surface area contributed by atoms with Gasteiger partial charge in [-0.25, -0.2) is 0 Å². The van der Waals surface area contributed by atoms with Crippen molar-refractivity contribution in [3.05, 3.63) is 42.2 Å². The van der Waals surface area contributed by atoms with E-state index < -0.39 is 6.67 Å². The van der Waals surface area contributed by atoms with Crippen molar-refractivity contribution in [2.24, 2.45) is 0 Å². The molecule has 22 heavy (non-hydrogen) atoms. The van der Waals surface area contributed by atoms with E-state index in [1.54, 1.807) is 6.20 Å². The highest BCUT2D eigenvalue weighted by atomic mass is 19.1. The minimum Gasteiger partial charge on any atom is -0.356 e. The summed E-state index contributed by atoms with van der Waals surface area (Å²) >= 11 is 0. The normalized spacial score (nSPS) is 11.3. The average molecular weight is 297 g/mol. The molecule has 110 valence electrons. The Hall–Kier alpha value is -2.96. The molecule has 4 rings (SSSR count). The lowest BCUT2D eigenvalue weighted by Crippen LogP contribution is -1.92. The van der Waals surface area contributed by atoms with Crippen LogP contribution in [0.3, 0.4) is 0 Å². The van der Waals surface area contributed by atoms with Crippen molar-refractivity contribution >= 4 is 33.5 Å². The second-order valence-electron chi connectivity index (χ2n) is 4.88. The monoisotopic (exact) mass is 297 g/mol. The number of hydrogen-bond acceptors (Lipinski definition) is 5. The molecule has 1 aromatic carbocycles. The Balaban J connectivity index is 1.69. The fraction of sp³-hybridized carbons (Fsp3) is 0.133. The number of nitrogens with zero attached hydrogens (tertiary/aromatic N) is 3. The van der Waals surface area contributed by atoms with Crippen molar-refractivity contribution in [3.8, 4) is 0 Å². The molecule has 0 amide bonds. The first-order valence-electron chi connectivity index (χ1n) is 6.85. The van der Waals surface area contributed by atoms with Gasteiger partial charge >= 0.3 is 0 Å². The fourth-order valence-electron chi connectivity index (χ4n) is 2.41. The molecular weight excluding hydrogens is 285 g/mol. The molecule has 0 bridgehead atoms. The van der Waals surface area contributed by atoms with Gasteiger partial charge in [-0.15, -0.1) is 0 Å². The summed E-state index contributed by atoms with van der Waals surface area (Å²) in [6.45, 7) is -0.452. The van der Waals surface area contributed by atoms with Gasteiger partial charge in [0, 0.05) is 29.8 Å². The maximum absolute atomic E-state index is 12.5. The predicted molar refractivity (Wildman–Crippen MR) is 80.9 cm³/mol. The molecule has 0 aliphatic rings. The molecule has 7 heteroatoms. The van der Waals surface area contributed by atoms with Gasteiger partial charge in [-0.05, 0) is 24.3 Å². The van der Waals surface area contributed by atoms with Gasteiger partial charge in [0.2, 0.25) is 0 Å². The van der Waals surface area contributed by atoms with Gasteiger partial charge in [-0.3, -0.25) is 14.5 Å². The SMILES string of the molecule is FCCc1noc2cc(Nc3n[nH]c4cccnc34)ccc12. The van der Waals surface area contributed by atoms with E-state index in [0.29, 0.717) is 17.1 Å². The number of benzene rings is 1. The number of nitrogens with one attached hydrogen (secondary N) is 2. The van der Waals surface area contributed by atoms with E-state index in [0.717, 1.165) is 22.1 Å². The van der Waals surface area contributed by atoms with E-state index in [2.05, 4.69) is 25.7 Å². The summed E-state index contributed by atoms with van der Waals surface area (Å²) in [5.74, 6) is 0.637. The molecule has 2 N–H and O–H groups in total. The Morgan fingerprint density at radius 1 is 1.27 bits per heavy atom. The number of aromatic amines is 1. The van der Waals surface area contributed by atoms with Crippen LogP contribution in [0.15, 0.2) is 41.1 Å². The summed E-state index contributed by atoms with van der Waals surface area (Å²) in [7, 11) is 0. The molecule has 0 atom stereocenters. The largest absolute Gasteiger partial charge is 0.356 e. The van der Waals surface area contributed by atoms with Gasteiger partial charge in [-0.1, -0.05) is 5.16 Å². The molecule has 0 unspecified atom stereocenters. The molecule has 0 aliphatic heterocycles. The summed E-state index contributed by atoms with van der Waals surface area (Å²) in [5, 5.41) is 15.0. The first-order chi connectivity index (χ1) is 10.8. The van der Waals surface area contributed by atoms with Crippen molar-refractivity contribution in [3.63, 3.8) is 0 Å². The van der Waals surface area contributed by atoms with Crippen LogP contribution in [0.5, 0.6) is 0 Å². The third-order valence-corrected chi connectivity index (χ3v) is 3.46. The molecule has 6 nitrogen and oxygen atoms in total. The van der Waals surface area contributed by atoms with Crippen molar-refractivity contribution in [1.82, 2.24) is 20.3 Å². The smallest absolute Gasteiger partial charge is 0.178 e. The Morgan fingerprint density at radius 2 is 2.23 bits per heavy atom. The van der Waals surface area contributed by atoms with Gasteiger partial charge < -0.3 is 9.84 Å². The zero-order chi connectivity index (χ0) is 14.9. The first kappa shape index (κ1) is 12.8. The van der Waals surface area contributed by atoms with Crippen molar-refractivity contribution < 1.29 is 8.91 Å². The molecule has 0 spiro atoms. The molecule has 3 heterocycles. The second-order valence-corrected chi connectivity index (χ2v) is 4.88. The summed E-state index contributed by atoms with van der Waals surface area (Å²) in [5.41, 5.74) is 3.67. The minimum atomic E-state index is -0.452. The number of anilines is 2. The molecule has 0 saturated heterocycles. The van der Waals surface area contributed by atoms with Crippen LogP contribution in [0, 0.1) is 0 Å². The number of fused-ring (bicyclic) bond motifs is 2. The van der Waals surface area contributed by atoms with E-state index in [9.17, 15) is 4.39 Å². The lowest BCUT2D eigenvalue weighted by atomic mass is 10.1. The van der Waals surface area contributed by atoms with Crippen molar-refractivity contribution in [1.29, 1.82) is 0 Å². The van der Waals surface area contributed by atoms with Crippen LogP contribution in [-0.2, 0) is 6.42 Å². The summed E-state index contributed by atoms with van der Waals surface area (Å²) in [6.07, 6.45) is 1.97. The molecular formula is C15H12FN5O. The minimum absolute atomic E-state index is 0.258. The van der Waals surface area contributed by atoms with Crippen LogP contribution in [0.1, 0.15) is 5.69 Å². The molecule has 0 aliphatic carbocycles. The van der Waals surface area contributed by atoms with Crippen molar-refractivity contribution in [2.45, 2.75) is 6.42 Å². The third kappa shape index (κ3) is 2.07. The van der Waals surface area contributed by atoms with E-state index >= 15 is 0 Å². The number of alkyl halides is 1. The van der Waals surface area contributed by atoms with Crippen LogP contribution in [0.2, 0.25) is 0 Å². The molecule has 3 aromatic heterocycles. The topological polar surface area (TPSA) is 79.6 Å². The highest BCUT2D eigenvalue weighted by molar-refractivity contribution is 5.89.